The molecule has 2 aromatic rings. The Morgan fingerprint density at radius 3 is 2.50 bits per heavy atom. The summed E-state index contributed by atoms with van der Waals surface area (Å²) in [6.07, 6.45) is 6.76. The molecule has 2 fully saturated rings. The van der Waals surface area contributed by atoms with Gasteiger partial charge in [0.15, 0.2) is 0 Å². The SMILES string of the molecule is CC(C1CC1)n1nccc1NC(=O)C1CCN(S(=O)(=O)/C=C/c2ccccc2)CC1. The maximum atomic E-state index is 12.8. The van der Waals surface area contributed by atoms with Gasteiger partial charge in [0.1, 0.15) is 5.82 Å². The molecular weight excluding hydrogens is 400 g/mol. The number of sulfonamides is 1. The Balaban J connectivity index is 1.32. The molecule has 0 radical (unpaired) electrons. The number of hydrogen-bond acceptors (Lipinski definition) is 4. The van der Waals surface area contributed by atoms with Crippen LogP contribution in [-0.2, 0) is 14.8 Å². The molecule has 1 unspecified atom stereocenters. The molecular formula is C22H28N4O3S. The van der Waals surface area contributed by atoms with E-state index in [4.69, 9.17) is 0 Å². The van der Waals surface area contributed by atoms with Crippen LogP contribution >= 0.6 is 0 Å². The van der Waals surface area contributed by atoms with Crippen molar-refractivity contribution in [2.75, 3.05) is 18.4 Å². The van der Waals surface area contributed by atoms with Crippen LogP contribution in [-0.4, -0.2) is 41.5 Å². The average Bonchev–Trinajstić information content (AvgIpc) is 3.52. The highest BCUT2D eigenvalue weighted by molar-refractivity contribution is 7.92. The number of aromatic nitrogens is 2. The summed E-state index contributed by atoms with van der Waals surface area (Å²) < 4.78 is 28.6. The van der Waals surface area contributed by atoms with Gasteiger partial charge in [-0.1, -0.05) is 30.3 Å². The Labute approximate surface area is 177 Å². The summed E-state index contributed by atoms with van der Waals surface area (Å²) in [5.41, 5.74) is 0.840. The zero-order valence-electron chi connectivity index (χ0n) is 17.1. The minimum Gasteiger partial charge on any atom is -0.311 e. The summed E-state index contributed by atoms with van der Waals surface area (Å²) >= 11 is 0. The number of carbonyl (C=O) groups excluding carboxylic acids is 1. The van der Waals surface area contributed by atoms with Crippen molar-refractivity contribution in [3.05, 3.63) is 53.6 Å². The first-order valence-electron chi connectivity index (χ1n) is 10.5. The molecule has 1 aliphatic heterocycles. The van der Waals surface area contributed by atoms with Crippen molar-refractivity contribution in [2.45, 2.75) is 38.6 Å². The van der Waals surface area contributed by atoms with E-state index >= 15 is 0 Å². The van der Waals surface area contributed by atoms with E-state index in [9.17, 15) is 13.2 Å². The number of benzene rings is 1. The van der Waals surface area contributed by atoms with Crippen LogP contribution in [0.15, 0.2) is 48.0 Å². The number of carbonyl (C=O) groups is 1. The number of hydrogen-bond donors (Lipinski definition) is 1. The molecule has 1 aromatic heterocycles. The van der Waals surface area contributed by atoms with Crippen molar-refractivity contribution in [1.82, 2.24) is 14.1 Å². The van der Waals surface area contributed by atoms with Crippen molar-refractivity contribution in [3.63, 3.8) is 0 Å². The van der Waals surface area contributed by atoms with Gasteiger partial charge < -0.3 is 5.32 Å². The van der Waals surface area contributed by atoms with Crippen molar-refractivity contribution in [3.8, 4) is 0 Å². The number of nitrogens with zero attached hydrogens (tertiary/aromatic N) is 3. The van der Waals surface area contributed by atoms with Gasteiger partial charge in [0, 0.05) is 30.5 Å². The lowest BCUT2D eigenvalue weighted by atomic mass is 9.97. The zero-order valence-corrected chi connectivity index (χ0v) is 18.0. The Hall–Kier alpha value is -2.45. The van der Waals surface area contributed by atoms with Crippen LogP contribution in [0.5, 0.6) is 0 Å². The van der Waals surface area contributed by atoms with Crippen molar-refractivity contribution in [1.29, 1.82) is 0 Å². The molecule has 30 heavy (non-hydrogen) atoms. The molecule has 8 heteroatoms. The van der Waals surface area contributed by atoms with Gasteiger partial charge in [-0.25, -0.2) is 13.1 Å². The van der Waals surface area contributed by atoms with Crippen molar-refractivity contribution >= 4 is 27.8 Å². The van der Waals surface area contributed by atoms with Gasteiger partial charge in [0.2, 0.25) is 15.9 Å². The quantitative estimate of drug-likeness (QED) is 0.731. The molecule has 2 heterocycles. The Morgan fingerprint density at radius 2 is 1.83 bits per heavy atom. The lowest BCUT2D eigenvalue weighted by Crippen LogP contribution is -2.40. The lowest BCUT2D eigenvalue weighted by molar-refractivity contribution is -0.121. The number of anilines is 1. The van der Waals surface area contributed by atoms with E-state index in [0.29, 0.717) is 31.8 Å². The van der Waals surface area contributed by atoms with E-state index in [-0.39, 0.29) is 17.9 Å². The average molecular weight is 429 g/mol. The molecule has 1 aliphatic carbocycles. The predicted octanol–water partition coefficient (Wildman–Crippen LogP) is 3.51. The first-order chi connectivity index (χ1) is 14.4. The van der Waals surface area contributed by atoms with Gasteiger partial charge in [-0.2, -0.15) is 9.40 Å². The molecule has 1 atom stereocenters. The summed E-state index contributed by atoms with van der Waals surface area (Å²) in [5, 5.41) is 8.63. The molecule has 0 bridgehead atoms. The van der Waals surface area contributed by atoms with Gasteiger partial charge >= 0.3 is 0 Å². The Morgan fingerprint density at radius 1 is 1.13 bits per heavy atom. The van der Waals surface area contributed by atoms with Crippen molar-refractivity contribution in [2.24, 2.45) is 11.8 Å². The molecule has 0 spiro atoms. The third kappa shape index (κ3) is 4.82. The third-order valence-corrected chi connectivity index (χ3v) is 7.59. The fourth-order valence-corrected chi connectivity index (χ4v) is 5.15. The maximum Gasteiger partial charge on any atom is 0.236 e. The van der Waals surface area contributed by atoms with Crippen molar-refractivity contribution < 1.29 is 13.2 Å². The van der Waals surface area contributed by atoms with Crippen LogP contribution in [0.4, 0.5) is 5.82 Å². The van der Waals surface area contributed by atoms with Crippen LogP contribution in [0, 0.1) is 11.8 Å². The highest BCUT2D eigenvalue weighted by Gasteiger charge is 2.33. The second-order valence-corrected chi connectivity index (χ2v) is 9.98. The predicted molar refractivity (Wildman–Crippen MR) is 117 cm³/mol. The van der Waals surface area contributed by atoms with Crippen LogP contribution in [0.3, 0.4) is 0 Å². The van der Waals surface area contributed by atoms with Gasteiger partial charge in [0.25, 0.3) is 0 Å². The first kappa shape index (κ1) is 20.8. The van der Waals surface area contributed by atoms with Crippen LogP contribution in [0.25, 0.3) is 6.08 Å². The highest BCUT2D eigenvalue weighted by Crippen LogP contribution is 2.40. The molecule has 4 rings (SSSR count). The fourth-order valence-electron chi connectivity index (χ4n) is 3.93. The van der Waals surface area contributed by atoms with Gasteiger partial charge in [-0.05, 0) is 50.2 Å². The summed E-state index contributed by atoms with van der Waals surface area (Å²) in [6, 6.07) is 11.4. The largest absolute Gasteiger partial charge is 0.311 e. The Kier molecular flexibility index (Phi) is 6.06. The normalized spacial score (nSPS) is 19.8. The topological polar surface area (TPSA) is 84.3 Å². The van der Waals surface area contributed by atoms with Gasteiger partial charge in [0.05, 0.1) is 12.2 Å². The minimum atomic E-state index is -3.49. The molecule has 160 valence electrons. The summed E-state index contributed by atoms with van der Waals surface area (Å²) in [5.74, 6) is 1.10. The molecule has 1 saturated carbocycles. The number of amides is 1. The number of nitrogens with one attached hydrogen (secondary N) is 1. The molecule has 1 saturated heterocycles. The fraction of sp³-hybridized carbons (Fsp3) is 0.455. The second-order valence-electron chi connectivity index (χ2n) is 8.16. The molecule has 1 N–H and O–H groups in total. The number of piperidine rings is 1. The van der Waals surface area contributed by atoms with E-state index in [0.717, 1.165) is 11.4 Å². The van der Waals surface area contributed by atoms with E-state index in [1.165, 1.54) is 22.6 Å². The molecule has 1 amide bonds. The minimum absolute atomic E-state index is 0.0587. The standard InChI is InChI=1S/C22H28N4O3S/c1-17(19-7-8-19)26-21(9-13-23-26)24-22(27)20-10-14-25(15-11-20)30(28,29)16-12-18-5-3-2-4-6-18/h2-6,9,12-13,16-17,19-20H,7-8,10-11,14-15H2,1H3,(H,24,27)/b16-12+. The summed E-state index contributed by atoms with van der Waals surface area (Å²) in [7, 11) is -3.49. The zero-order chi connectivity index (χ0) is 21.1. The number of rotatable bonds is 7. The van der Waals surface area contributed by atoms with Gasteiger partial charge in [-0.15, -0.1) is 0 Å². The van der Waals surface area contributed by atoms with E-state index in [1.807, 2.05) is 41.1 Å². The third-order valence-electron chi connectivity index (χ3n) is 6.03. The van der Waals surface area contributed by atoms with Gasteiger partial charge in [-0.3, -0.25) is 4.79 Å². The van der Waals surface area contributed by atoms with E-state index in [2.05, 4.69) is 17.3 Å². The van der Waals surface area contributed by atoms with Crippen LogP contribution in [0.1, 0.15) is 44.2 Å². The monoisotopic (exact) mass is 428 g/mol. The second kappa shape index (κ2) is 8.73. The lowest BCUT2D eigenvalue weighted by Gasteiger charge is -2.29. The van der Waals surface area contributed by atoms with Crippen LogP contribution in [0.2, 0.25) is 0 Å². The van der Waals surface area contributed by atoms with Crippen LogP contribution < -0.4 is 5.32 Å². The smallest absolute Gasteiger partial charge is 0.236 e. The van der Waals surface area contributed by atoms with E-state index < -0.39 is 10.0 Å². The molecule has 2 aliphatic rings. The first-order valence-corrected chi connectivity index (χ1v) is 12.0. The summed E-state index contributed by atoms with van der Waals surface area (Å²) in [4.78, 5) is 12.8. The van der Waals surface area contributed by atoms with E-state index in [1.54, 1.807) is 12.3 Å². The summed E-state index contributed by atoms with van der Waals surface area (Å²) in [6.45, 7) is 2.82. The highest BCUT2D eigenvalue weighted by atomic mass is 32.2. The molecule has 7 nitrogen and oxygen atoms in total. The Bertz CT molecular complexity index is 1000. The maximum absolute atomic E-state index is 12.8. The molecule has 1 aromatic carbocycles.